The molecular formula is C22H21F6NO3. The van der Waals surface area contributed by atoms with Crippen LogP contribution in [0.3, 0.4) is 0 Å². The van der Waals surface area contributed by atoms with Crippen molar-refractivity contribution < 1.29 is 41.0 Å². The van der Waals surface area contributed by atoms with E-state index in [-0.39, 0.29) is 31.1 Å². The maximum absolute atomic E-state index is 13.2. The van der Waals surface area contributed by atoms with Gasteiger partial charge in [-0.25, -0.2) is 4.79 Å². The van der Waals surface area contributed by atoms with Crippen LogP contribution in [0.5, 0.6) is 0 Å². The van der Waals surface area contributed by atoms with Crippen molar-refractivity contribution in [3.8, 4) is 0 Å². The van der Waals surface area contributed by atoms with Gasteiger partial charge in [-0.3, -0.25) is 0 Å². The fourth-order valence-corrected chi connectivity index (χ4v) is 3.84. The maximum Gasteiger partial charge on any atom is 0.416 e. The van der Waals surface area contributed by atoms with Gasteiger partial charge >= 0.3 is 18.4 Å². The van der Waals surface area contributed by atoms with E-state index < -0.39 is 47.7 Å². The second kappa shape index (κ2) is 9.01. The number of hydrogen-bond donors (Lipinski definition) is 1. The summed E-state index contributed by atoms with van der Waals surface area (Å²) in [6, 6.07) is 10.3. The highest BCUT2D eigenvalue weighted by Crippen LogP contribution is 2.39. The minimum Gasteiger partial charge on any atom is -0.465 e. The number of ether oxygens (including phenoxy) is 1. The molecule has 0 spiro atoms. The summed E-state index contributed by atoms with van der Waals surface area (Å²) in [4.78, 5) is 12.6. The smallest absolute Gasteiger partial charge is 0.416 e. The Kier molecular flexibility index (Phi) is 6.73. The lowest BCUT2D eigenvalue weighted by Crippen LogP contribution is -2.45. The van der Waals surface area contributed by atoms with E-state index in [1.54, 1.807) is 30.3 Å². The largest absolute Gasteiger partial charge is 0.465 e. The van der Waals surface area contributed by atoms with Gasteiger partial charge in [0.1, 0.15) is 0 Å². The quantitative estimate of drug-likeness (QED) is 0.541. The first-order valence-electron chi connectivity index (χ1n) is 9.84. The lowest BCUT2D eigenvalue weighted by molar-refractivity contribution is -0.143. The van der Waals surface area contributed by atoms with Crippen LogP contribution < -0.4 is 0 Å². The van der Waals surface area contributed by atoms with Gasteiger partial charge in [0.15, 0.2) is 0 Å². The molecule has 2 aromatic carbocycles. The molecule has 0 aliphatic carbocycles. The van der Waals surface area contributed by atoms with Crippen LogP contribution in [0, 0.1) is 0 Å². The highest BCUT2D eigenvalue weighted by Gasteiger charge is 2.38. The number of rotatable bonds is 4. The standard InChI is InChI=1S/C22H21F6NO3/c1-13(15-9-16(21(23,24)25)11-17(10-15)22(26,27)28)32-19-7-8-29(20(30)31)12-18(19)14-5-3-2-4-6-14/h2-6,9-11,13,18-19H,7-8,12H2,1H3,(H,30,31)/t13-,18-,19-/m0/s1. The van der Waals surface area contributed by atoms with Gasteiger partial charge < -0.3 is 14.7 Å². The summed E-state index contributed by atoms with van der Waals surface area (Å²) < 4.78 is 85.1. The minimum absolute atomic E-state index is 0.0777. The molecule has 1 amide bonds. The average Bonchev–Trinajstić information content (AvgIpc) is 2.73. The number of likely N-dealkylation sites (tertiary alicyclic amines) is 1. The Morgan fingerprint density at radius 2 is 1.59 bits per heavy atom. The number of nitrogens with zero attached hydrogens (tertiary/aromatic N) is 1. The normalized spacial score (nSPS) is 20.8. The lowest BCUT2D eigenvalue weighted by Gasteiger charge is -2.38. The molecule has 0 unspecified atom stereocenters. The summed E-state index contributed by atoms with van der Waals surface area (Å²) >= 11 is 0. The molecule has 174 valence electrons. The van der Waals surface area contributed by atoms with E-state index in [9.17, 15) is 36.2 Å². The summed E-state index contributed by atoms with van der Waals surface area (Å²) in [7, 11) is 0. The van der Waals surface area contributed by atoms with Crippen molar-refractivity contribution in [3.63, 3.8) is 0 Å². The van der Waals surface area contributed by atoms with E-state index in [1.807, 2.05) is 0 Å². The van der Waals surface area contributed by atoms with Gasteiger partial charge in [-0.2, -0.15) is 26.3 Å². The third kappa shape index (κ3) is 5.53. The van der Waals surface area contributed by atoms with E-state index in [4.69, 9.17) is 4.74 Å². The van der Waals surface area contributed by atoms with Crippen LogP contribution in [0.2, 0.25) is 0 Å². The zero-order chi connectivity index (χ0) is 23.7. The molecule has 0 aromatic heterocycles. The van der Waals surface area contributed by atoms with Crippen LogP contribution in [0.25, 0.3) is 0 Å². The number of carbonyl (C=O) groups is 1. The molecule has 1 aliphatic rings. The van der Waals surface area contributed by atoms with Crippen LogP contribution in [0.4, 0.5) is 31.1 Å². The predicted octanol–water partition coefficient (Wildman–Crippen LogP) is 6.34. The molecule has 3 atom stereocenters. The number of amides is 1. The highest BCUT2D eigenvalue weighted by molar-refractivity contribution is 5.65. The van der Waals surface area contributed by atoms with E-state index in [1.165, 1.54) is 11.8 Å². The van der Waals surface area contributed by atoms with Gasteiger partial charge in [-0.1, -0.05) is 30.3 Å². The Labute approximate surface area is 180 Å². The molecule has 0 bridgehead atoms. The van der Waals surface area contributed by atoms with Gasteiger partial charge in [0, 0.05) is 19.0 Å². The maximum atomic E-state index is 13.2. The molecule has 1 heterocycles. The Bertz CT molecular complexity index is 913. The molecule has 1 saturated heterocycles. The third-order valence-corrected chi connectivity index (χ3v) is 5.51. The molecule has 4 nitrogen and oxygen atoms in total. The van der Waals surface area contributed by atoms with Crippen LogP contribution in [-0.4, -0.2) is 35.3 Å². The Balaban J connectivity index is 1.90. The first kappa shape index (κ1) is 23.9. The summed E-state index contributed by atoms with van der Waals surface area (Å²) in [5.41, 5.74) is -2.29. The van der Waals surface area contributed by atoms with Gasteiger partial charge in [0.2, 0.25) is 0 Å². The molecule has 2 aromatic rings. The second-order valence-electron chi connectivity index (χ2n) is 7.69. The number of carboxylic acid groups (broad SMARTS) is 1. The Morgan fingerprint density at radius 1 is 1.03 bits per heavy atom. The topological polar surface area (TPSA) is 49.8 Å². The van der Waals surface area contributed by atoms with Gasteiger partial charge in [-0.05, 0) is 42.7 Å². The van der Waals surface area contributed by atoms with E-state index in [0.29, 0.717) is 12.1 Å². The van der Waals surface area contributed by atoms with Crippen molar-refractivity contribution in [1.82, 2.24) is 4.90 Å². The third-order valence-electron chi connectivity index (χ3n) is 5.51. The molecule has 1 aliphatic heterocycles. The van der Waals surface area contributed by atoms with Crippen molar-refractivity contribution >= 4 is 6.09 Å². The number of hydrogen-bond acceptors (Lipinski definition) is 2. The monoisotopic (exact) mass is 461 g/mol. The Morgan fingerprint density at radius 3 is 2.09 bits per heavy atom. The lowest BCUT2D eigenvalue weighted by atomic mass is 9.87. The SMILES string of the molecule is C[C@H](O[C@H]1CCN(C(=O)O)C[C@H]1c1ccccc1)c1cc(C(F)(F)F)cc(C(F)(F)F)c1. The average molecular weight is 461 g/mol. The van der Waals surface area contributed by atoms with Gasteiger partial charge in [-0.15, -0.1) is 0 Å². The summed E-state index contributed by atoms with van der Waals surface area (Å²) in [5.74, 6) is -0.420. The van der Waals surface area contributed by atoms with Crippen LogP contribution in [0.1, 0.15) is 47.6 Å². The minimum atomic E-state index is -4.95. The molecular weight excluding hydrogens is 440 g/mol. The number of piperidine rings is 1. The molecule has 0 saturated carbocycles. The number of alkyl halides is 6. The van der Waals surface area contributed by atoms with Gasteiger partial charge in [0.05, 0.1) is 23.3 Å². The van der Waals surface area contributed by atoms with Crippen molar-refractivity contribution in [2.75, 3.05) is 13.1 Å². The van der Waals surface area contributed by atoms with E-state index >= 15 is 0 Å². The zero-order valence-electron chi connectivity index (χ0n) is 17.0. The van der Waals surface area contributed by atoms with Crippen molar-refractivity contribution in [2.45, 2.75) is 43.8 Å². The molecule has 3 rings (SSSR count). The van der Waals surface area contributed by atoms with Crippen molar-refractivity contribution in [2.24, 2.45) is 0 Å². The van der Waals surface area contributed by atoms with E-state index in [2.05, 4.69) is 0 Å². The van der Waals surface area contributed by atoms with Crippen molar-refractivity contribution in [1.29, 1.82) is 0 Å². The Hall–Kier alpha value is -2.75. The van der Waals surface area contributed by atoms with Crippen LogP contribution in [-0.2, 0) is 17.1 Å². The van der Waals surface area contributed by atoms with E-state index in [0.717, 1.165) is 5.56 Å². The van der Waals surface area contributed by atoms with Gasteiger partial charge in [0.25, 0.3) is 0 Å². The molecule has 0 radical (unpaired) electrons. The summed E-state index contributed by atoms with van der Waals surface area (Å²) in [5, 5.41) is 9.33. The first-order valence-corrected chi connectivity index (χ1v) is 9.84. The van der Waals surface area contributed by atoms with Crippen molar-refractivity contribution in [3.05, 3.63) is 70.8 Å². The number of halogens is 6. The zero-order valence-corrected chi connectivity index (χ0v) is 17.0. The summed E-state index contributed by atoms with van der Waals surface area (Å²) in [6.45, 7) is 1.64. The molecule has 1 fully saturated rings. The summed E-state index contributed by atoms with van der Waals surface area (Å²) in [6.07, 6.45) is -12.4. The molecule has 10 heteroatoms. The fraction of sp³-hybridized carbons (Fsp3) is 0.409. The van der Waals surface area contributed by atoms with Crippen LogP contribution >= 0.6 is 0 Å². The second-order valence-corrected chi connectivity index (χ2v) is 7.69. The van der Waals surface area contributed by atoms with Crippen LogP contribution in [0.15, 0.2) is 48.5 Å². The molecule has 1 N–H and O–H groups in total. The first-order chi connectivity index (χ1) is 14.9. The molecule has 32 heavy (non-hydrogen) atoms. The fourth-order valence-electron chi connectivity index (χ4n) is 3.84. The number of benzene rings is 2. The highest BCUT2D eigenvalue weighted by atomic mass is 19.4. The predicted molar refractivity (Wildman–Crippen MR) is 103 cm³/mol.